The van der Waals surface area contributed by atoms with E-state index < -0.39 is 17.1 Å². The number of aromatic nitrogens is 2. The van der Waals surface area contributed by atoms with Gasteiger partial charge in [-0.15, -0.1) is 0 Å². The Balaban J connectivity index is 0.00000147. The Morgan fingerprint density at radius 3 is 2.65 bits per heavy atom. The van der Waals surface area contributed by atoms with Crippen LogP contribution < -0.4 is 14.9 Å². The van der Waals surface area contributed by atoms with E-state index in [-0.39, 0.29) is 49.9 Å². The van der Waals surface area contributed by atoms with Gasteiger partial charge in [0.25, 0.3) is 0 Å². The van der Waals surface area contributed by atoms with E-state index in [9.17, 15) is 9.59 Å². The normalized spacial score (nSPS) is 12.2. The summed E-state index contributed by atoms with van der Waals surface area (Å²) >= 11 is 0. The van der Waals surface area contributed by atoms with E-state index in [1.54, 1.807) is 6.07 Å². The molecule has 0 radical (unpaired) electrons. The van der Waals surface area contributed by atoms with Crippen LogP contribution in [0, 0.1) is 0 Å². The molecule has 0 aliphatic carbocycles. The second-order valence-electron chi connectivity index (χ2n) is 4.02. The number of hydrogen-bond donors (Lipinski definition) is 1. The predicted octanol–water partition coefficient (Wildman–Crippen LogP) is -0.0729. The predicted molar refractivity (Wildman–Crippen MR) is 73.3 cm³/mol. The van der Waals surface area contributed by atoms with Crippen molar-refractivity contribution in [1.29, 1.82) is 0 Å². The molecule has 1 N–H and O–H groups in total. The molecule has 1 aliphatic rings. The average Bonchev–Trinajstić information content (AvgIpc) is 2.84. The van der Waals surface area contributed by atoms with E-state index in [0.29, 0.717) is 23.6 Å². The van der Waals surface area contributed by atoms with E-state index >= 15 is 0 Å². The number of rotatable bonds is 2. The number of aryl methyl sites for hydroxylation is 1. The molecule has 0 unspecified atom stereocenters. The van der Waals surface area contributed by atoms with Crippen molar-refractivity contribution in [2.75, 3.05) is 6.79 Å². The third kappa shape index (κ3) is 2.25. The van der Waals surface area contributed by atoms with Crippen LogP contribution in [-0.4, -0.2) is 65.4 Å². The molecule has 0 spiro atoms. The fraction of sp³-hybridized carbons (Fsp3) is 0.250. The van der Waals surface area contributed by atoms with Gasteiger partial charge in [-0.3, -0.25) is 9.48 Å². The van der Waals surface area contributed by atoms with Gasteiger partial charge in [-0.2, -0.15) is 5.10 Å². The second-order valence-corrected chi connectivity index (χ2v) is 4.02. The number of carboxylic acids is 1. The molecule has 3 rings (SSSR count). The quantitative estimate of drug-likeness (QED) is 0.781. The molecule has 0 saturated heterocycles. The summed E-state index contributed by atoms with van der Waals surface area (Å²) in [6.07, 6.45) is 0. The molecule has 102 valence electrons. The van der Waals surface area contributed by atoms with Gasteiger partial charge in [0.2, 0.25) is 17.9 Å². The number of nitrogens with zero attached hydrogens (tertiary/aromatic N) is 2. The summed E-state index contributed by atoms with van der Waals surface area (Å²) in [5, 5.41) is 13.1. The number of carbonyl (C=O) groups is 1. The number of benzene rings is 1. The van der Waals surface area contributed by atoms with Crippen LogP contribution >= 0.6 is 0 Å². The first kappa shape index (κ1) is 15.1. The van der Waals surface area contributed by atoms with Gasteiger partial charge in [-0.25, -0.2) is 4.79 Å². The fourth-order valence-electron chi connectivity index (χ4n) is 2.06. The van der Waals surface area contributed by atoms with Gasteiger partial charge >= 0.3 is 43.7 Å². The van der Waals surface area contributed by atoms with Crippen LogP contribution in [0.2, 0.25) is 0 Å². The summed E-state index contributed by atoms with van der Waals surface area (Å²) in [5.41, 5.74) is -0.583. The van der Waals surface area contributed by atoms with Gasteiger partial charge in [0.15, 0.2) is 11.5 Å². The summed E-state index contributed by atoms with van der Waals surface area (Å²) in [5.74, 6) is -0.375. The van der Waals surface area contributed by atoms with Crippen LogP contribution in [0.1, 0.15) is 17.4 Å². The molecule has 20 heavy (non-hydrogen) atoms. The third-order valence-electron chi connectivity index (χ3n) is 2.95. The molecule has 0 fully saturated rings. The first-order valence-electron chi connectivity index (χ1n) is 5.69. The minimum absolute atomic E-state index is 0. The van der Waals surface area contributed by atoms with Gasteiger partial charge in [0.05, 0.1) is 10.9 Å². The van der Waals surface area contributed by atoms with Crippen LogP contribution in [0.4, 0.5) is 0 Å². The zero-order chi connectivity index (χ0) is 13.6. The van der Waals surface area contributed by atoms with Crippen LogP contribution in [0.3, 0.4) is 0 Å². The number of hydrogen-bond acceptors (Lipinski definition) is 5. The topological polar surface area (TPSA) is 90.7 Å². The first-order valence-corrected chi connectivity index (χ1v) is 5.69. The maximum atomic E-state index is 12.1. The van der Waals surface area contributed by atoms with E-state index in [1.807, 2.05) is 6.92 Å². The van der Waals surface area contributed by atoms with Crippen LogP contribution in [0.25, 0.3) is 10.9 Å². The molecule has 0 amide bonds. The minimum atomic E-state index is -1.34. The zero-order valence-corrected chi connectivity index (χ0v) is 10.0. The van der Waals surface area contributed by atoms with Crippen molar-refractivity contribution >= 4 is 54.6 Å². The third-order valence-corrected chi connectivity index (χ3v) is 2.95. The number of carboxylic acid groups (broad SMARTS) is 1. The van der Waals surface area contributed by atoms with Crippen molar-refractivity contribution in [3.05, 3.63) is 28.0 Å². The van der Waals surface area contributed by atoms with Gasteiger partial charge in [0.1, 0.15) is 0 Å². The van der Waals surface area contributed by atoms with Crippen molar-refractivity contribution in [2.24, 2.45) is 0 Å². The Bertz CT molecular complexity index is 756. The molecule has 2 heterocycles. The van der Waals surface area contributed by atoms with Crippen molar-refractivity contribution < 1.29 is 19.4 Å². The van der Waals surface area contributed by atoms with Gasteiger partial charge < -0.3 is 14.6 Å². The molecule has 8 heteroatoms. The van der Waals surface area contributed by atoms with Gasteiger partial charge in [-0.05, 0) is 13.0 Å². The van der Waals surface area contributed by atoms with Crippen LogP contribution in [-0.2, 0) is 6.54 Å². The summed E-state index contributed by atoms with van der Waals surface area (Å²) in [6, 6.07) is 3.14. The maximum absolute atomic E-state index is 12.1. The van der Waals surface area contributed by atoms with Crippen LogP contribution in [0.15, 0.2) is 16.9 Å². The van der Waals surface area contributed by atoms with Crippen LogP contribution in [0.5, 0.6) is 11.5 Å². The second kappa shape index (κ2) is 5.59. The molecule has 1 aromatic carbocycles. The van der Waals surface area contributed by atoms with Crippen molar-refractivity contribution in [3.8, 4) is 11.5 Å². The Hall–Kier alpha value is -1.31. The van der Waals surface area contributed by atoms with E-state index in [1.165, 1.54) is 10.7 Å². The summed E-state index contributed by atoms with van der Waals surface area (Å²) < 4.78 is 11.9. The molecule has 1 aromatic heterocycles. The molecule has 0 bridgehead atoms. The van der Waals surface area contributed by atoms with Gasteiger partial charge in [0, 0.05) is 12.6 Å². The molecule has 0 saturated carbocycles. The van der Waals surface area contributed by atoms with E-state index in [2.05, 4.69) is 5.10 Å². The molecule has 0 atom stereocenters. The molecule has 1 aliphatic heterocycles. The Morgan fingerprint density at radius 1 is 1.40 bits per heavy atom. The van der Waals surface area contributed by atoms with Crippen molar-refractivity contribution in [1.82, 2.24) is 9.78 Å². The molecular formula is C12H12CaN2O5. The monoisotopic (exact) mass is 304 g/mol. The van der Waals surface area contributed by atoms with Gasteiger partial charge in [-0.1, -0.05) is 0 Å². The Kier molecular flexibility index (Phi) is 4.22. The summed E-state index contributed by atoms with van der Waals surface area (Å²) in [7, 11) is 0. The average molecular weight is 304 g/mol. The molecular weight excluding hydrogens is 292 g/mol. The first-order chi connectivity index (χ1) is 9.11. The molecule has 2 aromatic rings. The number of ether oxygens (including phenoxy) is 2. The summed E-state index contributed by atoms with van der Waals surface area (Å²) in [6.45, 7) is 2.34. The number of fused-ring (bicyclic) bond motifs is 2. The standard InChI is InChI=1S/C12H10N2O5.Ca.2H/c1-2-14-7-4-9-8(18-5-19-9)3-6(7)11(15)10(13-14)12(16)17;;;/h3-4H,2,5H2,1H3,(H,16,17);;;. The number of aromatic carboxylic acids is 1. The fourth-order valence-corrected chi connectivity index (χ4v) is 2.06. The van der Waals surface area contributed by atoms with Crippen molar-refractivity contribution in [2.45, 2.75) is 13.5 Å². The Morgan fingerprint density at radius 2 is 2.05 bits per heavy atom. The van der Waals surface area contributed by atoms with Crippen molar-refractivity contribution in [3.63, 3.8) is 0 Å². The zero-order valence-electron chi connectivity index (χ0n) is 10.0. The Labute approximate surface area is 143 Å². The van der Waals surface area contributed by atoms with E-state index in [4.69, 9.17) is 14.6 Å². The summed E-state index contributed by atoms with van der Waals surface area (Å²) in [4.78, 5) is 23.1. The van der Waals surface area contributed by atoms with E-state index in [0.717, 1.165) is 0 Å². The SMILES string of the molecule is CCn1nc(C(=O)O)c(=O)c2cc3c(cc21)OCO3.[CaH2]. The molecule has 7 nitrogen and oxygen atoms in total.